The number of allylic oxidation sites excluding steroid dienone is 7. The monoisotopic (exact) mass is 363 g/mol. The summed E-state index contributed by atoms with van der Waals surface area (Å²) < 4.78 is 26.6. The minimum absolute atomic E-state index is 0.0679. The van der Waals surface area contributed by atoms with Gasteiger partial charge in [-0.1, -0.05) is 50.0 Å². The van der Waals surface area contributed by atoms with E-state index in [0.717, 1.165) is 18.4 Å². The first-order valence-corrected chi connectivity index (χ1v) is 10.5. The number of hydrogen-bond donors (Lipinski definition) is 1. The number of nitrogens with zero attached hydrogens (tertiary/aromatic N) is 1. The number of aliphatic hydroxyl groups is 1. The topological polar surface area (TPSA) is 57.6 Å². The molecule has 0 radical (unpaired) electrons. The van der Waals surface area contributed by atoms with Crippen molar-refractivity contribution in [3.8, 4) is 0 Å². The molecule has 4 nitrogen and oxygen atoms in total. The van der Waals surface area contributed by atoms with Crippen LogP contribution in [0.15, 0.2) is 60.1 Å². The van der Waals surface area contributed by atoms with Crippen molar-refractivity contribution in [2.45, 2.75) is 44.6 Å². The van der Waals surface area contributed by atoms with Crippen molar-refractivity contribution >= 4 is 10.0 Å². The van der Waals surface area contributed by atoms with Gasteiger partial charge in [0.15, 0.2) is 0 Å². The maximum Gasteiger partial charge on any atom is 0.236 e. The molecule has 0 spiro atoms. The summed E-state index contributed by atoms with van der Waals surface area (Å²) >= 11 is 0. The Morgan fingerprint density at radius 2 is 2.16 bits per heavy atom. The lowest BCUT2D eigenvalue weighted by molar-refractivity contribution is -0.0121. The van der Waals surface area contributed by atoms with Crippen LogP contribution in [0.5, 0.6) is 0 Å². The first kappa shape index (κ1) is 19.9. The highest BCUT2D eigenvalue weighted by molar-refractivity contribution is 7.92. The van der Waals surface area contributed by atoms with Crippen molar-refractivity contribution in [1.29, 1.82) is 0 Å². The van der Waals surface area contributed by atoms with E-state index in [1.54, 1.807) is 18.2 Å². The zero-order valence-corrected chi connectivity index (χ0v) is 15.8. The molecule has 0 saturated carbocycles. The van der Waals surface area contributed by atoms with Gasteiger partial charge in [0.05, 0.1) is 5.60 Å². The Bertz CT molecular complexity index is 688. The van der Waals surface area contributed by atoms with Crippen LogP contribution in [-0.4, -0.2) is 36.5 Å². The second-order valence-electron chi connectivity index (χ2n) is 6.68. The van der Waals surface area contributed by atoms with Gasteiger partial charge in [0, 0.05) is 24.4 Å². The lowest BCUT2D eigenvalue weighted by Gasteiger charge is -2.34. The van der Waals surface area contributed by atoms with E-state index in [1.165, 1.54) is 9.71 Å². The summed E-state index contributed by atoms with van der Waals surface area (Å²) in [6, 6.07) is 0. The van der Waals surface area contributed by atoms with Gasteiger partial charge in [0.1, 0.15) is 0 Å². The van der Waals surface area contributed by atoms with E-state index in [-0.39, 0.29) is 5.92 Å². The molecule has 1 heterocycles. The third-order valence-corrected chi connectivity index (χ3v) is 6.66. The van der Waals surface area contributed by atoms with Crippen molar-refractivity contribution in [3.63, 3.8) is 0 Å². The SMILES string of the molecule is C=C/C(=C\C=C\S(=O)(=O)N1CCCC(O)(C2C=CC=CC2)CC1)CC. The predicted octanol–water partition coefficient (Wildman–Crippen LogP) is 3.70. The Kier molecular flexibility index (Phi) is 6.99. The second kappa shape index (κ2) is 8.79. The highest BCUT2D eigenvalue weighted by atomic mass is 32.2. The van der Waals surface area contributed by atoms with E-state index in [9.17, 15) is 13.5 Å². The molecule has 1 N–H and O–H groups in total. The molecule has 1 aliphatic heterocycles. The third kappa shape index (κ3) is 5.27. The van der Waals surface area contributed by atoms with E-state index >= 15 is 0 Å². The Morgan fingerprint density at radius 1 is 1.36 bits per heavy atom. The summed E-state index contributed by atoms with van der Waals surface area (Å²) in [5.41, 5.74) is 0.168. The maximum atomic E-state index is 12.6. The van der Waals surface area contributed by atoms with Crippen LogP contribution in [0.3, 0.4) is 0 Å². The van der Waals surface area contributed by atoms with Gasteiger partial charge in [-0.3, -0.25) is 0 Å². The maximum absolute atomic E-state index is 12.6. The summed E-state index contributed by atoms with van der Waals surface area (Å²) in [7, 11) is -3.47. The first-order chi connectivity index (χ1) is 11.9. The van der Waals surface area contributed by atoms with Gasteiger partial charge in [-0.2, -0.15) is 4.31 Å². The molecule has 2 atom stereocenters. The van der Waals surface area contributed by atoms with E-state index in [1.807, 2.05) is 25.2 Å². The molecule has 1 saturated heterocycles. The van der Waals surface area contributed by atoms with Crippen LogP contribution in [0.25, 0.3) is 0 Å². The molecule has 0 aromatic rings. The molecule has 5 heteroatoms. The van der Waals surface area contributed by atoms with Crippen LogP contribution in [0.4, 0.5) is 0 Å². The highest BCUT2D eigenvalue weighted by Gasteiger charge is 2.38. The van der Waals surface area contributed by atoms with Crippen molar-refractivity contribution < 1.29 is 13.5 Å². The Morgan fingerprint density at radius 3 is 2.80 bits per heavy atom. The molecule has 138 valence electrons. The zero-order valence-electron chi connectivity index (χ0n) is 15.0. The fraction of sp³-hybridized carbons (Fsp3) is 0.500. The number of sulfonamides is 1. The van der Waals surface area contributed by atoms with Crippen molar-refractivity contribution in [2.75, 3.05) is 13.1 Å². The van der Waals surface area contributed by atoms with Crippen LogP contribution in [-0.2, 0) is 10.0 Å². The first-order valence-electron chi connectivity index (χ1n) is 8.97. The van der Waals surface area contributed by atoms with Gasteiger partial charge < -0.3 is 5.11 Å². The fourth-order valence-electron chi connectivity index (χ4n) is 3.40. The van der Waals surface area contributed by atoms with E-state index in [4.69, 9.17) is 0 Å². The van der Waals surface area contributed by atoms with Gasteiger partial charge in [-0.05, 0) is 43.8 Å². The van der Waals surface area contributed by atoms with Gasteiger partial charge in [0.2, 0.25) is 10.0 Å². The molecule has 25 heavy (non-hydrogen) atoms. The minimum atomic E-state index is -3.47. The summed E-state index contributed by atoms with van der Waals surface area (Å²) in [5.74, 6) is 0.0679. The molecule has 0 bridgehead atoms. The van der Waals surface area contributed by atoms with Crippen LogP contribution in [0.2, 0.25) is 0 Å². The number of rotatable bonds is 6. The molecule has 0 aromatic carbocycles. The third-order valence-electron chi connectivity index (χ3n) is 5.07. The standard InChI is InChI=1S/C20H29NO3S/c1-3-18(4-2)10-8-17-25(23,24)21-15-9-13-20(22,14-16-21)19-11-6-5-7-12-19/h3,5-8,10-11,17,19,22H,1,4,9,12-16H2,2H3/b17-8+,18-10+. The van der Waals surface area contributed by atoms with Crippen LogP contribution >= 0.6 is 0 Å². The molecule has 0 aromatic heterocycles. The molecule has 1 aliphatic carbocycles. The molecular formula is C20H29NO3S. The van der Waals surface area contributed by atoms with Crippen LogP contribution < -0.4 is 0 Å². The number of hydrogen-bond acceptors (Lipinski definition) is 3. The van der Waals surface area contributed by atoms with Crippen LogP contribution in [0, 0.1) is 5.92 Å². The normalized spacial score (nSPS) is 29.0. The summed E-state index contributed by atoms with van der Waals surface area (Å²) in [5, 5.41) is 12.3. The largest absolute Gasteiger partial charge is 0.389 e. The quantitative estimate of drug-likeness (QED) is 0.732. The predicted molar refractivity (Wildman–Crippen MR) is 103 cm³/mol. The summed E-state index contributed by atoms with van der Waals surface area (Å²) in [6.07, 6.45) is 16.5. The smallest absolute Gasteiger partial charge is 0.236 e. The fourth-order valence-corrected chi connectivity index (χ4v) is 4.58. The second-order valence-corrected chi connectivity index (χ2v) is 8.50. The molecular weight excluding hydrogens is 334 g/mol. The Labute approximate surface area is 152 Å². The molecule has 1 fully saturated rings. The van der Waals surface area contributed by atoms with Gasteiger partial charge in [-0.15, -0.1) is 0 Å². The zero-order chi connectivity index (χ0) is 18.3. The van der Waals surface area contributed by atoms with Gasteiger partial charge in [-0.25, -0.2) is 8.42 Å². The van der Waals surface area contributed by atoms with Crippen molar-refractivity contribution in [3.05, 3.63) is 60.1 Å². The van der Waals surface area contributed by atoms with Crippen LogP contribution in [0.1, 0.15) is 39.0 Å². The molecule has 0 amide bonds. The van der Waals surface area contributed by atoms with Gasteiger partial charge >= 0.3 is 0 Å². The lowest BCUT2D eigenvalue weighted by atomic mass is 9.78. The van der Waals surface area contributed by atoms with Gasteiger partial charge in [0.25, 0.3) is 0 Å². The summed E-state index contributed by atoms with van der Waals surface area (Å²) in [6.45, 7) is 6.51. The lowest BCUT2D eigenvalue weighted by Crippen LogP contribution is -2.39. The average molecular weight is 364 g/mol. The minimum Gasteiger partial charge on any atom is -0.389 e. The van der Waals surface area contributed by atoms with E-state index < -0.39 is 15.6 Å². The average Bonchev–Trinajstić information content (AvgIpc) is 2.83. The summed E-state index contributed by atoms with van der Waals surface area (Å²) in [4.78, 5) is 0. The van der Waals surface area contributed by atoms with Crippen molar-refractivity contribution in [1.82, 2.24) is 4.31 Å². The molecule has 2 aliphatic rings. The Hall–Kier alpha value is -1.43. The highest BCUT2D eigenvalue weighted by Crippen LogP contribution is 2.35. The molecule has 2 unspecified atom stereocenters. The van der Waals surface area contributed by atoms with Crippen molar-refractivity contribution in [2.24, 2.45) is 5.92 Å². The van der Waals surface area contributed by atoms with E-state index in [2.05, 4.69) is 12.7 Å². The Balaban J connectivity index is 2.05. The molecule has 2 rings (SSSR count). The van der Waals surface area contributed by atoms with E-state index in [0.29, 0.717) is 32.4 Å².